The van der Waals surface area contributed by atoms with Gasteiger partial charge in [-0.2, -0.15) is 5.10 Å². The lowest BCUT2D eigenvalue weighted by Crippen LogP contribution is -2.26. The van der Waals surface area contributed by atoms with Crippen molar-refractivity contribution in [1.29, 1.82) is 0 Å². The van der Waals surface area contributed by atoms with E-state index in [9.17, 15) is 0 Å². The van der Waals surface area contributed by atoms with Gasteiger partial charge in [0.2, 0.25) is 0 Å². The maximum absolute atomic E-state index is 5.32. The summed E-state index contributed by atoms with van der Waals surface area (Å²) in [6.45, 7) is 4.59. The van der Waals surface area contributed by atoms with E-state index in [2.05, 4.69) is 54.1 Å². The van der Waals surface area contributed by atoms with Crippen molar-refractivity contribution in [2.24, 2.45) is 0 Å². The lowest BCUT2D eigenvalue weighted by Gasteiger charge is -2.14. The third-order valence-corrected chi connectivity index (χ3v) is 5.13. The van der Waals surface area contributed by atoms with E-state index in [1.165, 1.54) is 6.33 Å². The third kappa shape index (κ3) is 4.71. The Balaban J connectivity index is 1.60. The predicted molar refractivity (Wildman–Crippen MR) is 119 cm³/mol. The van der Waals surface area contributed by atoms with Crippen molar-refractivity contribution in [2.45, 2.75) is 19.4 Å². The lowest BCUT2D eigenvalue weighted by atomic mass is 10.2. The molecule has 3 heterocycles. The standard InChI is InChI=1S/C23H24N6O2/c1-4-5-9-29-10-8-17(14-29)26-23-21-20(24-15-25-22(21)27-28-23)7-6-16-11-18(30-2)13-19(12-16)31-3/h11-13,15,17H,8-10,14H2,1-3H3,(H2,24,25,26,27,28)/t17-/m0/s1. The van der Waals surface area contributed by atoms with Gasteiger partial charge in [0.1, 0.15) is 23.5 Å². The molecule has 0 radical (unpaired) electrons. The molecule has 0 bridgehead atoms. The minimum Gasteiger partial charge on any atom is -0.497 e. The number of nitrogens with zero attached hydrogens (tertiary/aromatic N) is 4. The van der Waals surface area contributed by atoms with E-state index >= 15 is 0 Å². The summed E-state index contributed by atoms with van der Waals surface area (Å²) in [7, 11) is 3.23. The van der Waals surface area contributed by atoms with Crippen molar-refractivity contribution in [3.8, 4) is 35.2 Å². The number of hydrogen-bond acceptors (Lipinski definition) is 7. The first-order valence-corrected chi connectivity index (χ1v) is 10.0. The zero-order valence-corrected chi connectivity index (χ0v) is 17.8. The lowest BCUT2D eigenvalue weighted by molar-refractivity contribution is 0.379. The van der Waals surface area contributed by atoms with Crippen LogP contribution in [0.15, 0.2) is 24.5 Å². The quantitative estimate of drug-likeness (QED) is 0.617. The summed E-state index contributed by atoms with van der Waals surface area (Å²) >= 11 is 0. The van der Waals surface area contributed by atoms with E-state index in [0.717, 1.165) is 42.8 Å². The van der Waals surface area contributed by atoms with Crippen LogP contribution in [0, 0.1) is 23.7 Å². The third-order valence-electron chi connectivity index (χ3n) is 5.13. The second-order valence-corrected chi connectivity index (χ2v) is 7.16. The minimum atomic E-state index is 0.286. The number of aromatic amines is 1. The number of nitrogens with one attached hydrogen (secondary N) is 2. The van der Waals surface area contributed by atoms with Gasteiger partial charge in [0.15, 0.2) is 11.5 Å². The molecule has 0 aliphatic carbocycles. The van der Waals surface area contributed by atoms with Crippen molar-refractivity contribution >= 4 is 16.9 Å². The summed E-state index contributed by atoms with van der Waals surface area (Å²) in [5.74, 6) is 14.5. The van der Waals surface area contributed by atoms with E-state index in [1.54, 1.807) is 14.2 Å². The second-order valence-electron chi connectivity index (χ2n) is 7.16. The van der Waals surface area contributed by atoms with Crippen LogP contribution in [0.1, 0.15) is 24.6 Å². The predicted octanol–water partition coefficient (Wildman–Crippen LogP) is 2.28. The van der Waals surface area contributed by atoms with Gasteiger partial charge in [-0.05, 0) is 31.4 Å². The van der Waals surface area contributed by atoms with Crippen LogP contribution >= 0.6 is 0 Å². The Morgan fingerprint density at radius 2 is 1.97 bits per heavy atom. The summed E-state index contributed by atoms with van der Waals surface area (Å²) in [5.41, 5.74) is 2.02. The molecule has 3 aromatic rings. The molecule has 31 heavy (non-hydrogen) atoms. The Morgan fingerprint density at radius 1 is 1.16 bits per heavy atom. The average molecular weight is 416 g/mol. The molecule has 1 aromatic carbocycles. The number of ether oxygens (including phenoxy) is 2. The molecule has 158 valence electrons. The van der Waals surface area contributed by atoms with Gasteiger partial charge in [-0.3, -0.25) is 10.00 Å². The van der Waals surface area contributed by atoms with Gasteiger partial charge >= 0.3 is 0 Å². The fourth-order valence-electron chi connectivity index (χ4n) is 3.55. The summed E-state index contributed by atoms with van der Waals surface area (Å²) in [6, 6.07) is 5.81. The molecule has 1 saturated heterocycles. The molecular weight excluding hydrogens is 392 g/mol. The Morgan fingerprint density at radius 3 is 2.71 bits per heavy atom. The Hall–Kier alpha value is -3.75. The van der Waals surface area contributed by atoms with E-state index in [-0.39, 0.29) is 6.04 Å². The number of likely N-dealkylation sites (tertiary alicyclic amines) is 1. The molecule has 4 rings (SSSR count). The van der Waals surface area contributed by atoms with Gasteiger partial charge in [0.25, 0.3) is 0 Å². The van der Waals surface area contributed by atoms with E-state index < -0.39 is 0 Å². The highest BCUT2D eigenvalue weighted by Crippen LogP contribution is 2.25. The molecule has 0 spiro atoms. The number of H-pyrrole nitrogens is 1. The van der Waals surface area contributed by atoms with Crippen LogP contribution in [0.5, 0.6) is 11.5 Å². The highest BCUT2D eigenvalue weighted by molar-refractivity contribution is 5.91. The van der Waals surface area contributed by atoms with Crippen molar-refractivity contribution in [3.63, 3.8) is 0 Å². The minimum absolute atomic E-state index is 0.286. The smallest absolute Gasteiger partial charge is 0.162 e. The van der Waals surface area contributed by atoms with Crippen LogP contribution in [-0.4, -0.2) is 65.0 Å². The molecule has 1 fully saturated rings. The van der Waals surface area contributed by atoms with Crippen LogP contribution in [0.4, 0.5) is 5.82 Å². The summed E-state index contributed by atoms with van der Waals surface area (Å²) in [4.78, 5) is 11.0. The van der Waals surface area contributed by atoms with Crippen LogP contribution in [0.2, 0.25) is 0 Å². The molecule has 1 aliphatic heterocycles. The highest BCUT2D eigenvalue weighted by Gasteiger charge is 2.23. The van der Waals surface area contributed by atoms with Crippen LogP contribution < -0.4 is 14.8 Å². The molecule has 0 unspecified atom stereocenters. The molecule has 8 nitrogen and oxygen atoms in total. The van der Waals surface area contributed by atoms with E-state index in [4.69, 9.17) is 9.47 Å². The molecule has 1 atom stereocenters. The zero-order valence-electron chi connectivity index (χ0n) is 17.8. The van der Waals surface area contributed by atoms with Gasteiger partial charge in [0, 0.05) is 30.8 Å². The van der Waals surface area contributed by atoms with Crippen LogP contribution in [0.25, 0.3) is 11.0 Å². The number of rotatable bonds is 5. The Bertz CT molecular complexity index is 1180. The molecule has 1 aliphatic rings. The molecule has 8 heteroatoms. The highest BCUT2D eigenvalue weighted by atomic mass is 16.5. The summed E-state index contributed by atoms with van der Waals surface area (Å²) in [6.07, 6.45) is 2.51. The van der Waals surface area contributed by atoms with Gasteiger partial charge < -0.3 is 14.8 Å². The van der Waals surface area contributed by atoms with Gasteiger partial charge in [0.05, 0.1) is 26.2 Å². The Labute approximate surface area is 181 Å². The average Bonchev–Trinajstić information content (AvgIpc) is 3.43. The number of benzene rings is 1. The summed E-state index contributed by atoms with van der Waals surface area (Å²) < 4.78 is 10.6. The van der Waals surface area contributed by atoms with Crippen molar-refractivity contribution in [2.75, 3.05) is 39.2 Å². The fourth-order valence-corrected chi connectivity index (χ4v) is 3.55. The Kier molecular flexibility index (Phi) is 6.21. The van der Waals surface area contributed by atoms with Gasteiger partial charge in [-0.15, -0.1) is 5.92 Å². The maximum Gasteiger partial charge on any atom is 0.162 e. The van der Waals surface area contributed by atoms with Gasteiger partial charge in [-0.1, -0.05) is 11.8 Å². The van der Waals surface area contributed by atoms with Gasteiger partial charge in [-0.25, -0.2) is 9.97 Å². The molecule has 0 amide bonds. The van der Waals surface area contributed by atoms with Crippen LogP contribution in [0.3, 0.4) is 0 Å². The topological polar surface area (TPSA) is 88.2 Å². The molecule has 2 N–H and O–H groups in total. The van der Waals surface area contributed by atoms with E-state index in [0.29, 0.717) is 22.8 Å². The largest absolute Gasteiger partial charge is 0.497 e. The first-order chi connectivity index (χ1) is 15.2. The number of aromatic nitrogens is 4. The second kappa shape index (κ2) is 9.38. The molecular formula is C23H24N6O2. The SMILES string of the molecule is CC#CCN1CC[C@H](Nc2n[nH]c3ncnc(C#Cc4cc(OC)cc(OC)c4)c23)C1. The molecule has 2 aromatic heterocycles. The van der Waals surface area contributed by atoms with Crippen molar-refractivity contribution in [1.82, 2.24) is 25.1 Å². The van der Waals surface area contributed by atoms with Crippen LogP contribution in [-0.2, 0) is 0 Å². The maximum atomic E-state index is 5.32. The number of methoxy groups -OCH3 is 2. The normalized spacial score (nSPS) is 15.6. The number of anilines is 1. The van der Waals surface area contributed by atoms with E-state index in [1.807, 2.05) is 25.1 Å². The fraction of sp³-hybridized carbons (Fsp3) is 0.348. The van der Waals surface area contributed by atoms with Crippen molar-refractivity contribution in [3.05, 3.63) is 35.8 Å². The monoisotopic (exact) mass is 416 g/mol. The summed E-state index contributed by atoms with van der Waals surface area (Å²) in [5, 5.41) is 11.7. The first-order valence-electron chi connectivity index (χ1n) is 10.0. The molecule has 0 saturated carbocycles. The number of fused-ring (bicyclic) bond motifs is 1. The van der Waals surface area contributed by atoms with Crippen molar-refractivity contribution < 1.29 is 9.47 Å². The number of hydrogen-bond donors (Lipinski definition) is 2. The zero-order chi connectivity index (χ0) is 21.6. The first kappa shape index (κ1) is 20.5.